The first-order chi connectivity index (χ1) is 9.48. The first-order valence-electron chi connectivity index (χ1n) is 8.36. The highest BCUT2D eigenvalue weighted by Gasteiger charge is 2.57. The van der Waals surface area contributed by atoms with Gasteiger partial charge in [0.1, 0.15) is 12.2 Å². The number of nitrogens with zero attached hydrogens (tertiary/aromatic N) is 3. The standard InChI is InChI=1S/C17H27N3/c1-12(2)9-20-11-18-19-15(20)17-7-13-4-14(8-17)6-16(3,5-13)10-17/h11-14H,4-10H2,1-3H3. The fraction of sp³-hybridized carbons (Fsp3) is 0.882. The molecule has 0 spiro atoms. The smallest absolute Gasteiger partial charge is 0.139 e. The van der Waals surface area contributed by atoms with Crippen LogP contribution in [0.25, 0.3) is 0 Å². The van der Waals surface area contributed by atoms with Crippen molar-refractivity contribution in [3.8, 4) is 0 Å². The molecule has 3 heteroatoms. The Bertz CT molecular complexity index is 502. The molecule has 1 heterocycles. The molecule has 5 rings (SSSR count). The summed E-state index contributed by atoms with van der Waals surface area (Å²) >= 11 is 0. The van der Waals surface area contributed by atoms with Crippen LogP contribution < -0.4 is 0 Å². The number of hydrogen-bond donors (Lipinski definition) is 0. The summed E-state index contributed by atoms with van der Waals surface area (Å²) in [5.74, 6) is 3.87. The van der Waals surface area contributed by atoms with E-state index in [4.69, 9.17) is 0 Å². The molecule has 4 saturated carbocycles. The van der Waals surface area contributed by atoms with E-state index >= 15 is 0 Å². The van der Waals surface area contributed by atoms with E-state index in [0.29, 0.717) is 16.7 Å². The Balaban J connectivity index is 1.73. The molecule has 20 heavy (non-hydrogen) atoms. The maximum absolute atomic E-state index is 4.60. The zero-order valence-electron chi connectivity index (χ0n) is 13.1. The van der Waals surface area contributed by atoms with Gasteiger partial charge in [0.15, 0.2) is 0 Å². The summed E-state index contributed by atoms with van der Waals surface area (Å²) in [6.45, 7) is 8.16. The molecular formula is C17H27N3. The van der Waals surface area contributed by atoms with Crippen molar-refractivity contribution in [1.29, 1.82) is 0 Å². The largest absolute Gasteiger partial charge is 0.317 e. The topological polar surface area (TPSA) is 30.7 Å². The van der Waals surface area contributed by atoms with Crippen molar-refractivity contribution in [2.45, 2.75) is 71.3 Å². The van der Waals surface area contributed by atoms with Crippen LogP contribution in [0.3, 0.4) is 0 Å². The van der Waals surface area contributed by atoms with E-state index in [2.05, 4.69) is 35.5 Å². The van der Waals surface area contributed by atoms with E-state index in [0.717, 1.165) is 18.4 Å². The van der Waals surface area contributed by atoms with E-state index in [9.17, 15) is 0 Å². The second-order valence-electron chi connectivity index (χ2n) is 8.75. The van der Waals surface area contributed by atoms with Crippen LogP contribution in [0, 0.1) is 23.2 Å². The molecule has 2 unspecified atom stereocenters. The fourth-order valence-corrected chi connectivity index (χ4v) is 6.17. The first-order valence-corrected chi connectivity index (χ1v) is 8.36. The average molecular weight is 273 g/mol. The summed E-state index contributed by atoms with van der Waals surface area (Å²) in [4.78, 5) is 0. The van der Waals surface area contributed by atoms with Gasteiger partial charge in [0.2, 0.25) is 0 Å². The third-order valence-corrected chi connectivity index (χ3v) is 6.01. The minimum atomic E-state index is 0.351. The van der Waals surface area contributed by atoms with Crippen LogP contribution >= 0.6 is 0 Å². The molecule has 4 aliphatic carbocycles. The van der Waals surface area contributed by atoms with E-state index in [1.807, 2.05) is 6.33 Å². The maximum Gasteiger partial charge on any atom is 0.139 e. The summed E-state index contributed by atoms with van der Waals surface area (Å²) in [5, 5.41) is 8.87. The third-order valence-electron chi connectivity index (χ3n) is 6.01. The van der Waals surface area contributed by atoms with Crippen molar-refractivity contribution in [2.75, 3.05) is 0 Å². The van der Waals surface area contributed by atoms with Crippen LogP contribution in [0.2, 0.25) is 0 Å². The molecular weight excluding hydrogens is 246 g/mol. The zero-order chi connectivity index (χ0) is 14.0. The molecule has 0 N–H and O–H groups in total. The van der Waals surface area contributed by atoms with Crippen molar-refractivity contribution in [1.82, 2.24) is 14.8 Å². The fourth-order valence-electron chi connectivity index (χ4n) is 6.17. The summed E-state index contributed by atoms with van der Waals surface area (Å²) < 4.78 is 2.36. The van der Waals surface area contributed by atoms with Gasteiger partial charge in [0, 0.05) is 12.0 Å². The van der Waals surface area contributed by atoms with Crippen LogP contribution in [-0.4, -0.2) is 14.8 Å². The minimum absolute atomic E-state index is 0.351. The van der Waals surface area contributed by atoms with Gasteiger partial charge in [0.05, 0.1) is 0 Å². The summed E-state index contributed by atoms with van der Waals surface area (Å²) in [6, 6.07) is 0. The molecule has 110 valence electrons. The number of rotatable bonds is 3. The van der Waals surface area contributed by atoms with Crippen LogP contribution in [0.1, 0.15) is 65.1 Å². The molecule has 3 nitrogen and oxygen atoms in total. The number of hydrogen-bond acceptors (Lipinski definition) is 2. The molecule has 4 aliphatic rings. The van der Waals surface area contributed by atoms with Gasteiger partial charge in [-0.1, -0.05) is 20.8 Å². The third kappa shape index (κ3) is 1.85. The van der Waals surface area contributed by atoms with Gasteiger partial charge in [-0.15, -0.1) is 10.2 Å². The van der Waals surface area contributed by atoms with Gasteiger partial charge >= 0.3 is 0 Å². The SMILES string of the molecule is CC(C)Cn1cnnc1C12CC3CC(CC(C)(C3)C1)C2. The van der Waals surface area contributed by atoms with Crippen molar-refractivity contribution in [3.63, 3.8) is 0 Å². The Morgan fingerprint density at radius 2 is 1.95 bits per heavy atom. The highest BCUT2D eigenvalue weighted by atomic mass is 15.3. The van der Waals surface area contributed by atoms with Gasteiger partial charge in [-0.2, -0.15) is 0 Å². The molecule has 4 bridgehead atoms. The van der Waals surface area contributed by atoms with Crippen molar-refractivity contribution >= 4 is 0 Å². The van der Waals surface area contributed by atoms with Gasteiger partial charge in [-0.25, -0.2) is 0 Å². The van der Waals surface area contributed by atoms with E-state index in [1.165, 1.54) is 44.3 Å². The normalized spacial score (nSPS) is 42.6. The van der Waals surface area contributed by atoms with Crippen LogP contribution in [-0.2, 0) is 12.0 Å². The zero-order valence-corrected chi connectivity index (χ0v) is 13.1. The maximum atomic E-state index is 4.60. The lowest BCUT2D eigenvalue weighted by Gasteiger charge is -2.60. The highest BCUT2D eigenvalue weighted by Crippen LogP contribution is 2.65. The Morgan fingerprint density at radius 3 is 2.55 bits per heavy atom. The second kappa shape index (κ2) is 4.08. The average Bonchev–Trinajstić information content (AvgIpc) is 2.73. The lowest BCUT2D eigenvalue weighted by molar-refractivity contribution is -0.0662. The van der Waals surface area contributed by atoms with Crippen LogP contribution in [0.5, 0.6) is 0 Å². The Labute approximate surface area is 122 Å². The second-order valence-corrected chi connectivity index (χ2v) is 8.75. The first kappa shape index (κ1) is 12.8. The van der Waals surface area contributed by atoms with Gasteiger partial charge in [-0.3, -0.25) is 0 Å². The predicted octanol–water partition coefficient (Wildman–Crippen LogP) is 3.79. The molecule has 1 aromatic heterocycles. The van der Waals surface area contributed by atoms with Crippen molar-refractivity contribution in [3.05, 3.63) is 12.2 Å². The monoisotopic (exact) mass is 273 g/mol. The summed E-state index contributed by atoms with van der Waals surface area (Å²) in [5.41, 5.74) is 0.933. The van der Waals surface area contributed by atoms with E-state index in [-0.39, 0.29) is 0 Å². The van der Waals surface area contributed by atoms with Gasteiger partial charge < -0.3 is 4.57 Å². The molecule has 4 fully saturated rings. The lowest BCUT2D eigenvalue weighted by atomic mass is 9.44. The molecule has 0 aromatic carbocycles. The van der Waals surface area contributed by atoms with E-state index < -0.39 is 0 Å². The molecule has 2 atom stereocenters. The van der Waals surface area contributed by atoms with Crippen LogP contribution in [0.15, 0.2) is 6.33 Å². The Morgan fingerprint density at radius 1 is 1.25 bits per heavy atom. The predicted molar refractivity (Wildman–Crippen MR) is 79.3 cm³/mol. The van der Waals surface area contributed by atoms with E-state index in [1.54, 1.807) is 0 Å². The molecule has 0 amide bonds. The molecule has 0 radical (unpaired) electrons. The quantitative estimate of drug-likeness (QED) is 0.839. The molecule has 0 saturated heterocycles. The van der Waals surface area contributed by atoms with Gasteiger partial charge in [-0.05, 0) is 61.7 Å². The van der Waals surface area contributed by atoms with Crippen molar-refractivity contribution < 1.29 is 0 Å². The molecule has 1 aromatic rings. The van der Waals surface area contributed by atoms with Gasteiger partial charge in [0.25, 0.3) is 0 Å². The highest BCUT2D eigenvalue weighted by molar-refractivity contribution is 5.19. The van der Waals surface area contributed by atoms with Crippen LogP contribution in [0.4, 0.5) is 0 Å². The molecule has 0 aliphatic heterocycles. The Kier molecular flexibility index (Phi) is 2.62. The Hall–Kier alpha value is -0.860. The van der Waals surface area contributed by atoms with Crippen molar-refractivity contribution in [2.24, 2.45) is 23.2 Å². The lowest BCUT2D eigenvalue weighted by Crippen LogP contribution is -2.53. The summed E-state index contributed by atoms with van der Waals surface area (Å²) in [6.07, 6.45) is 10.5. The minimum Gasteiger partial charge on any atom is -0.317 e. The number of aromatic nitrogens is 3. The summed E-state index contributed by atoms with van der Waals surface area (Å²) in [7, 11) is 0.